The van der Waals surface area contributed by atoms with E-state index in [4.69, 9.17) is 0 Å². The summed E-state index contributed by atoms with van der Waals surface area (Å²) in [5.41, 5.74) is -0.968. The van der Waals surface area contributed by atoms with Crippen LogP contribution >= 0.6 is 11.8 Å². The maximum atomic E-state index is 12.6. The second kappa shape index (κ2) is 8.95. The number of nitrogens with zero attached hydrogens (tertiary/aromatic N) is 3. The van der Waals surface area contributed by atoms with E-state index in [2.05, 4.69) is 44.8 Å². The molecule has 0 saturated heterocycles. The molecule has 0 bridgehead atoms. The second-order valence-electron chi connectivity index (χ2n) is 5.51. The van der Waals surface area contributed by atoms with Crippen molar-refractivity contribution in [2.24, 2.45) is 4.99 Å². The van der Waals surface area contributed by atoms with Gasteiger partial charge in [-0.1, -0.05) is 0 Å². The summed E-state index contributed by atoms with van der Waals surface area (Å²) in [7, 11) is 1.66. The monoisotopic (exact) mass is 364 g/mol. The van der Waals surface area contributed by atoms with Crippen LogP contribution in [0.4, 0.5) is 19.1 Å². The molecule has 24 heavy (non-hydrogen) atoms. The number of anilines is 1. The first-order valence-corrected chi connectivity index (χ1v) is 8.54. The highest BCUT2D eigenvalue weighted by Gasteiger charge is 2.32. The molecule has 0 saturated carbocycles. The zero-order valence-corrected chi connectivity index (χ0v) is 15.0. The van der Waals surface area contributed by atoms with Crippen LogP contribution in [0.15, 0.2) is 17.3 Å². The van der Waals surface area contributed by atoms with E-state index >= 15 is 0 Å². The van der Waals surface area contributed by atoms with Crippen LogP contribution in [0.25, 0.3) is 0 Å². The summed E-state index contributed by atoms with van der Waals surface area (Å²) in [5.74, 6) is 0.571. The maximum Gasteiger partial charge on any atom is 0.433 e. The van der Waals surface area contributed by atoms with Crippen molar-refractivity contribution in [1.29, 1.82) is 0 Å². The second-order valence-corrected chi connectivity index (χ2v) is 7.02. The summed E-state index contributed by atoms with van der Waals surface area (Å²) in [6.45, 7) is 5.78. The molecule has 0 aliphatic heterocycles. The molecule has 1 heterocycles. The van der Waals surface area contributed by atoms with Crippen molar-refractivity contribution >= 4 is 23.7 Å². The molecule has 0 fully saturated rings. The maximum absolute atomic E-state index is 12.6. The van der Waals surface area contributed by atoms with Crippen molar-refractivity contribution < 1.29 is 13.2 Å². The summed E-state index contributed by atoms with van der Waals surface area (Å²) < 4.78 is 37.8. The zero-order valence-electron chi connectivity index (χ0n) is 14.2. The molecule has 136 valence electrons. The molecule has 0 spiro atoms. The van der Waals surface area contributed by atoms with Gasteiger partial charge in [0, 0.05) is 37.6 Å². The zero-order chi connectivity index (χ0) is 18.2. The number of halogens is 3. The predicted octanol–water partition coefficient (Wildman–Crippen LogP) is 2.21. The third-order valence-corrected chi connectivity index (χ3v) is 4.35. The highest BCUT2D eigenvalue weighted by molar-refractivity contribution is 7.99. The molecule has 0 aliphatic rings. The standard InChI is InChI=1S/C14H23F3N6S/c1-13(2,24-4)9-22-11(18-3)20-7-8-21-12-19-6-5-10(23-12)14(15,16)17/h5-6H,7-9H2,1-4H3,(H2,18,20,22)(H,19,21,23). The first-order chi connectivity index (χ1) is 11.2. The van der Waals surface area contributed by atoms with Crippen LogP contribution in [-0.2, 0) is 6.18 Å². The Balaban J connectivity index is 2.40. The van der Waals surface area contributed by atoms with E-state index < -0.39 is 11.9 Å². The minimum atomic E-state index is -4.48. The molecule has 0 unspecified atom stereocenters. The van der Waals surface area contributed by atoms with Gasteiger partial charge in [0.2, 0.25) is 5.95 Å². The molecule has 1 aromatic heterocycles. The van der Waals surface area contributed by atoms with Crippen LogP contribution in [-0.4, -0.2) is 53.6 Å². The molecule has 1 rings (SSSR count). The molecule has 0 radical (unpaired) electrons. The molecule has 0 amide bonds. The highest BCUT2D eigenvalue weighted by atomic mass is 32.2. The number of hydrogen-bond donors (Lipinski definition) is 3. The lowest BCUT2D eigenvalue weighted by Gasteiger charge is -2.23. The summed E-state index contributed by atoms with van der Waals surface area (Å²) in [5, 5.41) is 9.02. The molecule has 0 aromatic carbocycles. The fourth-order valence-electron chi connectivity index (χ4n) is 1.55. The minimum Gasteiger partial charge on any atom is -0.355 e. The summed E-state index contributed by atoms with van der Waals surface area (Å²) in [6.07, 6.45) is -1.36. The van der Waals surface area contributed by atoms with Gasteiger partial charge in [0.1, 0.15) is 5.69 Å². The van der Waals surface area contributed by atoms with Crippen molar-refractivity contribution in [1.82, 2.24) is 20.6 Å². The van der Waals surface area contributed by atoms with Gasteiger partial charge in [-0.05, 0) is 26.2 Å². The van der Waals surface area contributed by atoms with E-state index in [1.807, 2.05) is 6.26 Å². The van der Waals surface area contributed by atoms with E-state index in [-0.39, 0.29) is 10.7 Å². The number of thioether (sulfide) groups is 1. The third kappa shape index (κ3) is 7.24. The van der Waals surface area contributed by atoms with Gasteiger partial charge in [-0.25, -0.2) is 9.97 Å². The van der Waals surface area contributed by atoms with Gasteiger partial charge in [-0.2, -0.15) is 24.9 Å². The molecule has 10 heteroatoms. The Bertz CT molecular complexity index is 548. The minimum absolute atomic E-state index is 0.0573. The smallest absolute Gasteiger partial charge is 0.355 e. The van der Waals surface area contributed by atoms with Crippen molar-refractivity contribution in [2.75, 3.05) is 38.3 Å². The van der Waals surface area contributed by atoms with Crippen LogP contribution in [0.2, 0.25) is 0 Å². The van der Waals surface area contributed by atoms with Crippen LogP contribution in [0.5, 0.6) is 0 Å². The lowest BCUT2D eigenvalue weighted by Crippen LogP contribution is -2.44. The third-order valence-electron chi connectivity index (χ3n) is 3.10. The van der Waals surface area contributed by atoms with Crippen LogP contribution < -0.4 is 16.0 Å². The topological polar surface area (TPSA) is 74.2 Å². The Morgan fingerprint density at radius 2 is 1.96 bits per heavy atom. The van der Waals surface area contributed by atoms with Crippen molar-refractivity contribution in [2.45, 2.75) is 24.8 Å². The van der Waals surface area contributed by atoms with Crippen LogP contribution in [0, 0.1) is 0 Å². The lowest BCUT2D eigenvalue weighted by atomic mass is 10.2. The largest absolute Gasteiger partial charge is 0.433 e. The molecule has 6 nitrogen and oxygen atoms in total. The number of rotatable bonds is 7. The summed E-state index contributed by atoms with van der Waals surface area (Å²) in [4.78, 5) is 11.3. The SMILES string of the molecule is CN=C(NCCNc1nccc(C(F)(F)F)n1)NCC(C)(C)SC. The van der Waals surface area contributed by atoms with Crippen molar-refractivity contribution in [3.63, 3.8) is 0 Å². The van der Waals surface area contributed by atoms with E-state index in [1.165, 1.54) is 0 Å². The molecule has 0 aliphatic carbocycles. The van der Waals surface area contributed by atoms with Gasteiger partial charge in [0.25, 0.3) is 0 Å². The molecule has 0 atom stereocenters. The number of guanidine groups is 1. The average molecular weight is 364 g/mol. The van der Waals surface area contributed by atoms with Gasteiger partial charge in [-0.15, -0.1) is 0 Å². The van der Waals surface area contributed by atoms with Crippen molar-refractivity contribution in [3.8, 4) is 0 Å². The Morgan fingerprint density at radius 1 is 1.25 bits per heavy atom. The molecular weight excluding hydrogens is 341 g/mol. The Kier molecular flexibility index (Phi) is 7.59. The van der Waals surface area contributed by atoms with Crippen molar-refractivity contribution in [3.05, 3.63) is 18.0 Å². The number of hydrogen-bond acceptors (Lipinski definition) is 5. The van der Waals surface area contributed by atoms with Gasteiger partial charge in [0.15, 0.2) is 5.96 Å². The molecule has 3 N–H and O–H groups in total. The molecular formula is C14H23F3N6S. The average Bonchev–Trinajstić information content (AvgIpc) is 2.53. The number of nitrogens with one attached hydrogen (secondary N) is 3. The van der Waals surface area contributed by atoms with Gasteiger partial charge >= 0.3 is 6.18 Å². The number of alkyl halides is 3. The fraction of sp³-hybridized carbons (Fsp3) is 0.643. The molecule has 1 aromatic rings. The Hall–Kier alpha value is -1.71. The van der Waals surface area contributed by atoms with Crippen LogP contribution in [0.1, 0.15) is 19.5 Å². The van der Waals surface area contributed by atoms with E-state index in [0.717, 1.165) is 18.8 Å². The summed E-state index contributed by atoms with van der Waals surface area (Å²) >= 11 is 1.74. The number of aromatic nitrogens is 2. The first-order valence-electron chi connectivity index (χ1n) is 7.32. The predicted molar refractivity (Wildman–Crippen MR) is 92.5 cm³/mol. The normalized spacial score (nSPS) is 12.9. The quantitative estimate of drug-likeness (QED) is 0.391. The fourth-order valence-corrected chi connectivity index (χ4v) is 1.76. The van der Waals surface area contributed by atoms with Gasteiger partial charge < -0.3 is 16.0 Å². The van der Waals surface area contributed by atoms with E-state index in [9.17, 15) is 13.2 Å². The van der Waals surface area contributed by atoms with E-state index in [1.54, 1.807) is 18.8 Å². The lowest BCUT2D eigenvalue weighted by molar-refractivity contribution is -0.141. The Labute approximate surface area is 144 Å². The van der Waals surface area contributed by atoms with Crippen LogP contribution in [0.3, 0.4) is 0 Å². The Morgan fingerprint density at radius 3 is 2.54 bits per heavy atom. The van der Waals surface area contributed by atoms with Gasteiger partial charge in [-0.3, -0.25) is 4.99 Å². The first kappa shape index (κ1) is 20.3. The highest BCUT2D eigenvalue weighted by Crippen LogP contribution is 2.27. The van der Waals surface area contributed by atoms with E-state index in [0.29, 0.717) is 19.0 Å². The van der Waals surface area contributed by atoms with Gasteiger partial charge in [0.05, 0.1) is 0 Å². The number of aliphatic imine (C=N–C) groups is 1. The summed E-state index contributed by atoms with van der Waals surface area (Å²) in [6, 6.07) is 0.836.